The zero-order valence-corrected chi connectivity index (χ0v) is 11.4. The molecule has 0 aromatic heterocycles. The van der Waals surface area contributed by atoms with E-state index in [-0.39, 0.29) is 13.0 Å². The molecule has 104 valence electrons. The number of aliphatic hydroxyl groups is 1. The molecule has 0 aliphatic heterocycles. The first kappa shape index (κ1) is 15.5. The Kier molecular flexibility index (Phi) is 6.38. The number of carbonyl (C=O) groups is 2. The van der Waals surface area contributed by atoms with Crippen LogP contribution in [0.2, 0.25) is 0 Å². The maximum Gasteiger partial charge on any atom is 0.326 e. The highest BCUT2D eigenvalue weighted by Gasteiger charge is 2.19. The highest BCUT2D eigenvalue weighted by Crippen LogP contribution is 2.11. The molecule has 0 bridgehead atoms. The number of nitrogens with one attached hydrogen (secondary N) is 1. The minimum absolute atomic E-state index is 0.00836. The van der Waals surface area contributed by atoms with Gasteiger partial charge in [-0.2, -0.15) is 11.8 Å². The van der Waals surface area contributed by atoms with Gasteiger partial charge in [0.05, 0.1) is 0 Å². The zero-order valence-electron chi connectivity index (χ0n) is 10.6. The maximum atomic E-state index is 11.9. The van der Waals surface area contributed by atoms with Crippen LogP contribution in [0.5, 0.6) is 0 Å². The van der Waals surface area contributed by atoms with Crippen LogP contribution in [0, 0.1) is 0 Å². The molecule has 19 heavy (non-hydrogen) atoms. The molecule has 3 N–H and O–H groups in total. The molecule has 1 aromatic carbocycles. The van der Waals surface area contributed by atoms with Crippen molar-refractivity contribution in [1.82, 2.24) is 5.32 Å². The summed E-state index contributed by atoms with van der Waals surface area (Å²) >= 11 is 1.64. The fourth-order valence-electron chi connectivity index (χ4n) is 1.60. The molecule has 1 atom stereocenters. The first-order valence-corrected chi connectivity index (χ1v) is 7.20. The normalized spacial score (nSPS) is 11.9. The van der Waals surface area contributed by atoms with Crippen molar-refractivity contribution in [2.24, 2.45) is 0 Å². The Labute approximate surface area is 116 Å². The van der Waals surface area contributed by atoms with E-state index < -0.39 is 17.9 Å². The second-order valence-corrected chi connectivity index (χ2v) is 4.88. The van der Waals surface area contributed by atoms with Crippen LogP contribution in [0.3, 0.4) is 0 Å². The first-order valence-electron chi connectivity index (χ1n) is 5.81. The van der Waals surface area contributed by atoms with Crippen LogP contribution in [0.4, 0.5) is 0 Å². The molecular weight excluding hydrogens is 266 g/mol. The van der Waals surface area contributed by atoms with Gasteiger partial charge in [-0.3, -0.25) is 4.79 Å². The summed E-state index contributed by atoms with van der Waals surface area (Å²) in [5.74, 6) is -0.799. The largest absolute Gasteiger partial charge is 0.480 e. The van der Waals surface area contributed by atoms with E-state index in [0.717, 1.165) is 11.3 Å². The Bertz CT molecular complexity index is 450. The van der Waals surface area contributed by atoms with Crippen LogP contribution in [0.15, 0.2) is 24.3 Å². The number of aliphatic carboxylic acids is 1. The number of carboxylic acids is 1. The molecule has 0 radical (unpaired) electrons. The lowest BCUT2D eigenvalue weighted by Crippen LogP contribution is -2.41. The summed E-state index contributed by atoms with van der Waals surface area (Å²) in [6, 6.07) is 5.99. The highest BCUT2D eigenvalue weighted by atomic mass is 32.2. The van der Waals surface area contributed by atoms with Crippen LogP contribution in [-0.4, -0.2) is 41.0 Å². The van der Waals surface area contributed by atoms with Gasteiger partial charge in [-0.1, -0.05) is 12.1 Å². The summed E-state index contributed by atoms with van der Waals surface area (Å²) in [7, 11) is 0. The van der Waals surface area contributed by atoms with E-state index in [9.17, 15) is 9.59 Å². The van der Waals surface area contributed by atoms with Crippen molar-refractivity contribution in [2.45, 2.75) is 18.2 Å². The van der Waals surface area contributed by atoms with Crippen LogP contribution < -0.4 is 5.32 Å². The number of aliphatic hydroxyl groups excluding tert-OH is 1. The highest BCUT2D eigenvalue weighted by molar-refractivity contribution is 7.97. The zero-order chi connectivity index (χ0) is 14.3. The van der Waals surface area contributed by atoms with E-state index in [0.29, 0.717) is 5.56 Å². The summed E-state index contributed by atoms with van der Waals surface area (Å²) in [4.78, 5) is 22.8. The third-order valence-electron chi connectivity index (χ3n) is 2.52. The van der Waals surface area contributed by atoms with Crippen molar-refractivity contribution in [1.29, 1.82) is 0 Å². The molecule has 0 aliphatic carbocycles. The second-order valence-electron chi connectivity index (χ2n) is 4.01. The van der Waals surface area contributed by atoms with E-state index in [1.54, 1.807) is 30.0 Å². The van der Waals surface area contributed by atoms with Gasteiger partial charge >= 0.3 is 5.97 Å². The third-order valence-corrected chi connectivity index (χ3v) is 3.14. The molecule has 0 saturated heterocycles. The van der Waals surface area contributed by atoms with Gasteiger partial charge in [-0.05, 0) is 24.0 Å². The van der Waals surface area contributed by atoms with Gasteiger partial charge in [0.15, 0.2) is 0 Å². The first-order chi connectivity index (χ1) is 9.08. The van der Waals surface area contributed by atoms with Gasteiger partial charge in [0.2, 0.25) is 0 Å². The Morgan fingerprint density at radius 2 is 2.16 bits per heavy atom. The van der Waals surface area contributed by atoms with Gasteiger partial charge in [0.1, 0.15) is 6.04 Å². The number of hydrogen-bond acceptors (Lipinski definition) is 4. The van der Waals surface area contributed by atoms with E-state index in [1.165, 1.54) is 0 Å². The van der Waals surface area contributed by atoms with Crippen molar-refractivity contribution in [3.63, 3.8) is 0 Å². The minimum atomic E-state index is -1.15. The van der Waals surface area contributed by atoms with Gasteiger partial charge < -0.3 is 15.5 Å². The van der Waals surface area contributed by atoms with Crippen LogP contribution in [0.25, 0.3) is 0 Å². The number of hydrogen-bond donors (Lipinski definition) is 3. The fraction of sp³-hybridized carbons (Fsp3) is 0.385. The van der Waals surface area contributed by atoms with Crippen molar-refractivity contribution in [2.75, 3.05) is 12.9 Å². The number of carbonyl (C=O) groups excluding carboxylic acids is 1. The second kappa shape index (κ2) is 7.81. The quantitative estimate of drug-likeness (QED) is 0.698. The summed E-state index contributed by atoms with van der Waals surface area (Å²) in [5, 5.41) is 20.1. The van der Waals surface area contributed by atoms with Gasteiger partial charge in [0, 0.05) is 24.3 Å². The Morgan fingerprint density at radius 3 is 2.74 bits per heavy atom. The Morgan fingerprint density at radius 1 is 1.42 bits per heavy atom. The molecule has 0 saturated carbocycles. The molecule has 0 aliphatic rings. The van der Waals surface area contributed by atoms with Crippen molar-refractivity contribution in [3.05, 3.63) is 35.4 Å². The topological polar surface area (TPSA) is 86.6 Å². The average molecular weight is 283 g/mol. The molecule has 1 rings (SSSR count). The predicted molar refractivity (Wildman–Crippen MR) is 74.3 cm³/mol. The maximum absolute atomic E-state index is 11.9. The number of benzene rings is 1. The minimum Gasteiger partial charge on any atom is -0.480 e. The standard InChI is InChI=1S/C13H17NO4S/c1-19-8-9-3-2-4-10(7-9)12(16)14-11(5-6-15)13(17)18/h2-4,7,11,15H,5-6,8H2,1H3,(H,14,16)(H,17,18)/t11-/m0/s1. The van der Waals surface area contributed by atoms with Gasteiger partial charge in [0.25, 0.3) is 5.91 Å². The molecular formula is C13H17NO4S. The number of amides is 1. The Balaban J connectivity index is 2.76. The van der Waals surface area contributed by atoms with E-state index in [1.807, 2.05) is 12.3 Å². The third kappa shape index (κ3) is 4.92. The lowest BCUT2D eigenvalue weighted by molar-refractivity contribution is -0.139. The number of carboxylic acid groups (broad SMARTS) is 1. The Hall–Kier alpha value is -1.53. The van der Waals surface area contributed by atoms with Gasteiger partial charge in [-0.15, -0.1) is 0 Å². The smallest absolute Gasteiger partial charge is 0.326 e. The monoisotopic (exact) mass is 283 g/mol. The molecule has 0 unspecified atom stereocenters. The van der Waals surface area contributed by atoms with Crippen molar-refractivity contribution in [3.8, 4) is 0 Å². The summed E-state index contributed by atoms with van der Waals surface area (Å²) in [6.07, 6.45) is 1.96. The molecule has 0 spiro atoms. The predicted octanol–water partition coefficient (Wildman–Crippen LogP) is 1.12. The van der Waals surface area contributed by atoms with Crippen LogP contribution in [-0.2, 0) is 10.5 Å². The van der Waals surface area contributed by atoms with Crippen LogP contribution >= 0.6 is 11.8 Å². The molecule has 1 aromatic rings. The summed E-state index contributed by atoms with van der Waals surface area (Å²) < 4.78 is 0. The van der Waals surface area contributed by atoms with E-state index in [2.05, 4.69) is 5.32 Å². The van der Waals surface area contributed by atoms with Gasteiger partial charge in [-0.25, -0.2) is 4.79 Å². The van der Waals surface area contributed by atoms with Crippen molar-refractivity contribution >= 4 is 23.6 Å². The fourth-order valence-corrected chi connectivity index (χ4v) is 2.11. The number of thioether (sulfide) groups is 1. The average Bonchev–Trinajstić information content (AvgIpc) is 2.38. The van der Waals surface area contributed by atoms with E-state index >= 15 is 0 Å². The van der Waals surface area contributed by atoms with Crippen molar-refractivity contribution < 1.29 is 19.8 Å². The summed E-state index contributed by atoms with van der Waals surface area (Å²) in [5.41, 5.74) is 1.44. The molecule has 5 nitrogen and oxygen atoms in total. The lowest BCUT2D eigenvalue weighted by Gasteiger charge is -2.13. The molecule has 1 amide bonds. The van der Waals surface area contributed by atoms with Crippen LogP contribution in [0.1, 0.15) is 22.3 Å². The van der Waals surface area contributed by atoms with E-state index in [4.69, 9.17) is 10.2 Å². The molecule has 0 heterocycles. The lowest BCUT2D eigenvalue weighted by atomic mass is 10.1. The molecule has 6 heteroatoms. The number of rotatable bonds is 7. The summed E-state index contributed by atoms with van der Waals surface area (Å²) in [6.45, 7) is -0.288. The SMILES string of the molecule is CSCc1cccc(C(=O)N[C@@H](CCO)C(=O)O)c1. The molecule has 0 fully saturated rings.